The fourth-order valence-electron chi connectivity index (χ4n) is 1.27. The van der Waals surface area contributed by atoms with Crippen molar-refractivity contribution in [2.24, 2.45) is 0 Å². The van der Waals surface area contributed by atoms with Gasteiger partial charge in [0.25, 0.3) is 5.69 Å². The van der Waals surface area contributed by atoms with Crippen LogP contribution in [0.3, 0.4) is 0 Å². The molecule has 0 atom stereocenters. The van der Waals surface area contributed by atoms with Crippen molar-refractivity contribution >= 4 is 44.2 Å². The number of nitro groups is 1. The van der Waals surface area contributed by atoms with Crippen LogP contribution in [-0.4, -0.2) is 14.7 Å². The van der Waals surface area contributed by atoms with Crippen LogP contribution in [0.4, 0.5) is 5.69 Å². The van der Waals surface area contributed by atoms with Gasteiger partial charge < -0.3 is 0 Å². The molecular formula is C9H5BrIN3O2. The summed E-state index contributed by atoms with van der Waals surface area (Å²) in [6, 6.07) is 5.00. The summed E-state index contributed by atoms with van der Waals surface area (Å²) >= 11 is 5.29. The maximum absolute atomic E-state index is 10.9. The molecule has 0 radical (unpaired) electrons. The lowest BCUT2D eigenvalue weighted by atomic mass is 10.3. The van der Waals surface area contributed by atoms with Crippen molar-refractivity contribution < 1.29 is 4.92 Å². The van der Waals surface area contributed by atoms with Crippen molar-refractivity contribution in [3.63, 3.8) is 0 Å². The van der Waals surface area contributed by atoms with Gasteiger partial charge in [-0.25, -0.2) is 4.68 Å². The lowest BCUT2D eigenvalue weighted by molar-refractivity contribution is -0.384. The SMILES string of the molecule is O=[N+]([O-])c1cc(I)ccc1-n1cc(Br)cn1. The van der Waals surface area contributed by atoms with Crippen molar-refractivity contribution in [3.8, 4) is 5.69 Å². The monoisotopic (exact) mass is 393 g/mol. The number of rotatable bonds is 2. The van der Waals surface area contributed by atoms with E-state index < -0.39 is 4.92 Å². The minimum absolute atomic E-state index is 0.0440. The maximum atomic E-state index is 10.9. The van der Waals surface area contributed by atoms with E-state index in [4.69, 9.17) is 0 Å². The summed E-state index contributed by atoms with van der Waals surface area (Å²) in [7, 11) is 0. The van der Waals surface area contributed by atoms with Crippen LogP contribution >= 0.6 is 38.5 Å². The van der Waals surface area contributed by atoms with E-state index in [-0.39, 0.29) is 5.69 Å². The summed E-state index contributed by atoms with van der Waals surface area (Å²) in [5.74, 6) is 0. The molecule has 2 aromatic rings. The van der Waals surface area contributed by atoms with Crippen LogP contribution in [0.2, 0.25) is 0 Å². The molecule has 0 spiro atoms. The highest BCUT2D eigenvalue weighted by Gasteiger charge is 2.16. The average molecular weight is 394 g/mol. The first-order chi connectivity index (χ1) is 7.58. The van der Waals surface area contributed by atoms with Gasteiger partial charge in [0, 0.05) is 15.8 Å². The van der Waals surface area contributed by atoms with Gasteiger partial charge in [-0.05, 0) is 50.7 Å². The summed E-state index contributed by atoms with van der Waals surface area (Å²) in [5, 5.41) is 14.9. The average Bonchev–Trinajstić information content (AvgIpc) is 2.64. The molecule has 82 valence electrons. The van der Waals surface area contributed by atoms with Crippen LogP contribution in [0, 0.1) is 13.7 Å². The van der Waals surface area contributed by atoms with Crippen LogP contribution in [-0.2, 0) is 0 Å². The Bertz CT molecular complexity index is 555. The highest BCUT2D eigenvalue weighted by atomic mass is 127. The van der Waals surface area contributed by atoms with E-state index in [1.165, 1.54) is 10.7 Å². The molecule has 0 aliphatic heterocycles. The number of nitro benzene ring substituents is 1. The number of nitrogens with zero attached hydrogens (tertiary/aromatic N) is 3. The second kappa shape index (κ2) is 4.50. The summed E-state index contributed by atoms with van der Waals surface area (Å²) < 4.78 is 3.07. The molecule has 16 heavy (non-hydrogen) atoms. The van der Waals surface area contributed by atoms with Gasteiger partial charge in [-0.1, -0.05) is 0 Å². The molecule has 1 aromatic carbocycles. The Morgan fingerprint density at radius 1 is 1.50 bits per heavy atom. The Balaban J connectivity index is 2.60. The second-order valence-electron chi connectivity index (χ2n) is 2.99. The number of hydrogen-bond acceptors (Lipinski definition) is 3. The molecule has 2 rings (SSSR count). The first-order valence-electron chi connectivity index (χ1n) is 4.22. The van der Waals surface area contributed by atoms with Crippen LogP contribution < -0.4 is 0 Å². The standard InChI is InChI=1S/C9H5BrIN3O2/c10-6-4-12-13(5-6)8-2-1-7(11)3-9(8)14(15)16/h1-5H. The van der Waals surface area contributed by atoms with Gasteiger partial charge >= 0.3 is 0 Å². The van der Waals surface area contributed by atoms with E-state index in [9.17, 15) is 10.1 Å². The molecule has 7 heteroatoms. The fraction of sp³-hybridized carbons (Fsp3) is 0. The van der Waals surface area contributed by atoms with Gasteiger partial charge in [-0.2, -0.15) is 5.10 Å². The topological polar surface area (TPSA) is 61.0 Å². The highest BCUT2D eigenvalue weighted by Crippen LogP contribution is 2.25. The highest BCUT2D eigenvalue weighted by molar-refractivity contribution is 14.1. The maximum Gasteiger partial charge on any atom is 0.295 e. The Morgan fingerprint density at radius 2 is 2.25 bits per heavy atom. The molecule has 0 amide bonds. The third-order valence-corrected chi connectivity index (χ3v) is 3.01. The molecule has 1 aromatic heterocycles. The van der Waals surface area contributed by atoms with Crippen molar-refractivity contribution in [1.29, 1.82) is 0 Å². The van der Waals surface area contributed by atoms with Crippen LogP contribution in [0.5, 0.6) is 0 Å². The van der Waals surface area contributed by atoms with Crippen LogP contribution in [0.1, 0.15) is 0 Å². The minimum atomic E-state index is -0.410. The third kappa shape index (κ3) is 2.24. The predicted octanol–water partition coefficient (Wildman–Crippen LogP) is 3.15. The lowest BCUT2D eigenvalue weighted by Gasteiger charge is -2.02. The molecule has 0 aliphatic rings. The van der Waals surface area contributed by atoms with Crippen LogP contribution in [0.25, 0.3) is 5.69 Å². The van der Waals surface area contributed by atoms with Crippen molar-refractivity contribution in [1.82, 2.24) is 9.78 Å². The van der Waals surface area contributed by atoms with Gasteiger partial charge in [0.15, 0.2) is 0 Å². The normalized spacial score (nSPS) is 10.4. The molecule has 0 fully saturated rings. The Morgan fingerprint density at radius 3 is 2.81 bits per heavy atom. The van der Waals surface area contributed by atoms with Crippen molar-refractivity contribution in [3.05, 3.63) is 48.8 Å². The summed E-state index contributed by atoms with van der Waals surface area (Å²) in [6.45, 7) is 0. The quantitative estimate of drug-likeness (QED) is 0.447. The van der Waals surface area contributed by atoms with Gasteiger partial charge in [-0.15, -0.1) is 0 Å². The molecule has 5 nitrogen and oxygen atoms in total. The zero-order valence-corrected chi connectivity index (χ0v) is 11.5. The van der Waals surface area contributed by atoms with E-state index in [1.54, 1.807) is 24.5 Å². The van der Waals surface area contributed by atoms with E-state index >= 15 is 0 Å². The van der Waals surface area contributed by atoms with Gasteiger partial charge in [0.1, 0.15) is 5.69 Å². The van der Waals surface area contributed by atoms with Crippen LogP contribution in [0.15, 0.2) is 35.1 Å². The number of hydrogen-bond donors (Lipinski definition) is 0. The summed E-state index contributed by atoms with van der Waals surface area (Å²) in [4.78, 5) is 10.5. The minimum Gasteiger partial charge on any atom is -0.258 e. The molecule has 0 unspecified atom stereocenters. The first kappa shape index (κ1) is 11.5. The Hall–Kier alpha value is -0.960. The molecular weight excluding hydrogens is 389 g/mol. The summed E-state index contributed by atoms with van der Waals surface area (Å²) in [6.07, 6.45) is 3.26. The number of benzene rings is 1. The summed E-state index contributed by atoms with van der Waals surface area (Å²) in [5.41, 5.74) is 0.499. The molecule has 0 N–H and O–H groups in total. The predicted molar refractivity (Wildman–Crippen MR) is 70.6 cm³/mol. The van der Waals surface area contributed by atoms with Gasteiger partial charge in [0.05, 0.1) is 15.6 Å². The zero-order chi connectivity index (χ0) is 11.7. The third-order valence-electron chi connectivity index (χ3n) is 1.93. The van der Waals surface area contributed by atoms with Crippen molar-refractivity contribution in [2.45, 2.75) is 0 Å². The smallest absolute Gasteiger partial charge is 0.258 e. The first-order valence-corrected chi connectivity index (χ1v) is 6.09. The van der Waals surface area contributed by atoms with Gasteiger partial charge in [0.2, 0.25) is 0 Å². The molecule has 0 aliphatic carbocycles. The number of aromatic nitrogens is 2. The lowest BCUT2D eigenvalue weighted by Crippen LogP contribution is -2.00. The molecule has 0 saturated heterocycles. The fourth-order valence-corrected chi connectivity index (χ4v) is 2.03. The van der Waals surface area contributed by atoms with Crippen molar-refractivity contribution in [2.75, 3.05) is 0 Å². The van der Waals surface area contributed by atoms with E-state index in [1.807, 2.05) is 22.6 Å². The molecule has 0 bridgehead atoms. The Kier molecular flexibility index (Phi) is 3.24. The van der Waals surface area contributed by atoms with E-state index in [2.05, 4.69) is 21.0 Å². The Labute approximate surface area is 113 Å². The molecule has 1 heterocycles. The molecule has 0 saturated carbocycles. The van der Waals surface area contributed by atoms with Gasteiger partial charge in [-0.3, -0.25) is 10.1 Å². The largest absolute Gasteiger partial charge is 0.295 e. The van der Waals surface area contributed by atoms with E-state index in [0.29, 0.717) is 5.69 Å². The second-order valence-corrected chi connectivity index (χ2v) is 5.15. The zero-order valence-electron chi connectivity index (χ0n) is 7.80. The number of halogens is 2. The van der Waals surface area contributed by atoms with E-state index in [0.717, 1.165) is 8.04 Å².